The number of methoxy groups -OCH3 is 1. The van der Waals surface area contributed by atoms with Gasteiger partial charge in [0.15, 0.2) is 5.82 Å². The zero-order valence-corrected chi connectivity index (χ0v) is 16.7. The maximum atomic E-state index is 15.2. The number of halogens is 3. The van der Waals surface area contributed by atoms with Crippen molar-refractivity contribution in [1.29, 1.82) is 0 Å². The average Bonchev–Trinajstić information content (AvgIpc) is 3.13. The monoisotopic (exact) mass is 444 g/mol. The minimum absolute atomic E-state index is 0.0375. The van der Waals surface area contributed by atoms with E-state index in [9.17, 15) is 14.3 Å². The maximum Gasteiger partial charge on any atom is 0.432 e. The fraction of sp³-hybridized carbons (Fsp3) is 0.150. The Morgan fingerprint density at radius 2 is 1.97 bits per heavy atom. The summed E-state index contributed by atoms with van der Waals surface area (Å²) in [6.07, 6.45) is -0.629. The number of carboxylic acid groups (broad SMARTS) is 1. The molecule has 4 aromatic rings. The minimum atomic E-state index is -3.75. The zero-order valence-electron chi connectivity index (χ0n) is 16.7. The lowest BCUT2D eigenvalue weighted by Crippen LogP contribution is -2.21. The molecule has 0 amide bonds. The molecule has 0 saturated carbocycles. The van der Waals surface area contributed by atoms with E-state index in [4.69, 9.17) is 4.74 Å². The summed E-state index contributed by atoms with van der Waals surface area (Å²) in [5.74, 6) is -4.99. The number of hydrogen-bond donors (Lipinski definition) is 2. The molecular formula is C20H15F3N6O3. The molecule has 2 N–H and O–H groups in total. The van der Waals surface area contributed by atoms with E-state index < -0.39 is 29.4 Å². The van der Waals surface area contributed by atoms with Gasteiger partial charge in [-0.15, -0.1) is 5.10 Å². The zero-order chi connectivity index (χ0) is 23.0. The number of ether oxygens (including phenoxy) is 1. The first kappa shape index (κ1) is 21.0. The van der Waals surface area contributed by atoms with Gasteiger partial charge in [0.1, 0.15) is 23.1 Å². The number of benzene rings is 1. The van der Waals surface area contributed by atoms with Crippen molar-refractivity contribution in [1.82, 2.24) is 24.7 Å². The Balaban J connectivity index is 1.86. The highest BCUT2D eigenvalue weighted by Crippen LogP contribution is 2.35. The number of hydrogen-bond acceptors (Lipinski definition) is 7. The van der Waals surface area contributed by atoms with E-state index in [1.165, 1.54) is 26.2 Å². The molecule has 0 bridgehead atoms. The quantitative estimate of drug-likeness (QED) is 0.473. The standard InChI is InChI=1S/C20H15F3N6O3/c1-10-7-16(28-29(10)19(30)31)26-17-13-5-4-12(32-2)8-14(13)25-18(27-17)20(22,23)15-6-3-11(21)9-24-15/h3-9H,1-2H3,(H,30,31)(H,25,26,27,28). The number of rotatable bonds is 5. The fourth-order valence-electron chi connectivity index (χ4n) is 3.00. The van der Waals surface area contributed by atoms with Crippen LogP contribution in [0.25, 0.3) is 10.9 Å². The highest BCUT2D eigenvalue weighted by atomic mass is 19.3. The molecule has 1 aromatic carbocycles. The number of anilines is 2. The number of aromatic nitrogens is 5. The number of pyridine rings is 1. The van der Waals surface area contributed by atoms with Crippen LogP contribution >= 0.6 is 0 Å². The molecule has 0 atom stereocenters. The Hall–Kier alpha value is -4.22. The minimum Gasteiger partial charge on any atom is -0.497 e. The summed E-state index contributed by atoms with van der Waals surface area (Å²) >= 11 is 0. The van der Waals surface area contributed by atoms with E-state index in [2.05, 4.69) is 25.4 Å². The van der Waals surface area contributed by atoms with Gasteiger partial charge < -0.3 is 15.2 Å². The summed E-state index contributed by atoms with van der Waals surface area (Å²) < 4.78 is 49.3. The number of nitrogens with one attached hydrogen (secondary N) is 1. The Labute approximate surface area is 178 Å². The molecule has 0 saturated heterocycles. The van der Waals surface area contributed by atoms with Crippen LogP contribution < -0.4 is 10.1 Å². The molecule has 0 spiro atoms. The van der Waals surface area contributed by atoms with Crippen LogP contribution in [0.2, 0.25) is 0 Å². The van der Waals surface area contributed by atoms with Crippen LogP contribution in [0.1, 0.15) is 17.2 Å². The Morgan fingerprint density at radius 3 is 2.59 bits per heavy atom. The SMILES string of the molecule is COc1ccc2c(Nc3cc(C)n(C(=O)O)n3)nc(C(F)(F)c3ccc(F)cn3)nc2c1. The Morgan fingerprint density at radius 1 is 1.19 bits per heavy atom. The van der Waals surface area contributed by atoms with Gasteiger partial charge >= 0.3 is 12.0 Å². The second kappa shape index (κ2) is 7.80. The highest BCUT2D eigenvalue weighted by molar-refractivity contribution is 5.91. The van der Waals surface area contributed by atoms with Gasteiger partial charge in [-0.1, -0.05) is 0 Å². The summed E-state index contributed by atoms with van der Waals surface area (Å²) in [5.41, 5.74) is -0.299. The van der Waals surface area contributed by atoms with Crippen molar-refractivity contribution in [2.24, 2.45) is 0 Å². The number of nitrogens with zero attached hydrogens (tertiary/aromatic N) is 5. The maximum absolute atomic E-state index is 15.2. The van der Waals surface area contributed by atoms with Gasteiger partial charge in [0.05, 0.1) is 18.8 Å². The van der Waals surface area contributed by atoms with Crippen molar-refractivity contribution < 1.29 is 27.8 Å². The summed E-state index contributed by atoms with van der Waals surface area (Å²) in [6.45, 7) is 1.52. The summed E-state index contributed by atoms with van der Waals surface area (Å²) in [5, 5.41) is 16.2. The van der Waals surface area contributed by atoms with E-state index in [0.717, 1.165) is 16.8 Å². The number of alkyl halides is 2. The van der Waals surface area contributed by atoms with Gasteiger partial charge in [0.25, 0.3) is 0 Å². The third kappa shape index (κ3) is 3.77. The fourth-order valence-corrected chi connectivity index (χ4v) is 3.00. The molecule has 32 heavy (non-hydrogen) atoms. The molecule has 3 heterocycles. The predicted octanol–water partition coefficient (Wildman–Crippen LogP) is 4.09. The highest BCUT2D eigenvalue weighted by Gasteiger charge is 2.40. The van der Waals surface area contributed by atoms with Gasteiger partial charge in [-0.05, 0) is 31.2 Å². The van der Waals surface area contributed by atoms with Crippen LogP contribution in [0.15, 0.2) is 42.6 Å². The first-order valence-corrected chi connectivity index (χ1v) is 9.12. The first-order chi connectivity index (χ1) is 15.2. The second-order valence-electron chi connectivity index (χ2n) is 6.71. The second-order valence-corrected chi connectivity index (χ2v) is 6.71. The third-order valence-electron chi connectivity index (χ3n) is 4.55. The van der Waals surface area contributed by atoms with Crippen molar-refractivity contribution in [3.05, 3.63) is 65.6 Å². The lowest BCUT2D eigenvalue weighted by molar-refractivity contribution is 0.0285. The Bertz CT molecular complexity index is 1320. The van der Waals surface area contributed by atoms with Crippen LogP contribution in [0, 0.1) is 12.7 Å². The van der Waals surface area contributed by atoms with Crippen LogP contribution in [0.3, 0.4) is 0 Å². The Kier molecular flexibility index (Phi) is 5.12. The molecular weight excluding hydrogens is 429 g/mol. The number of aryl methyl sites for hydroxylation is 1. The van der Waals surface area contributed by atoms with Gasteiger partial charge in [-0.3, -0.25) is 4.98 Å². The largest absolute Gasteiger partial charge is 0.497 e. The van der Waals surface area contributed by atoms with Crippen LogP contribution in [-0.4, -0.2) is 43.0 Å². The summed E-state index contributed by atoms with van der Waals surface area (Å²) in [7, 11) is 1.42. The van der Waals surface area contributed by atoms with E-state index in [1.807, 2.05) is 0 Å². The molecule has 12 heteroatoms. The normalized spacial score (nSPS) is 11.5. The summed E-state index contributed by atoms with van der Waals surface area (Å²) in [4.78, 5) is 22.6. The van der Waals surface area contributed by atoms with E-state index in [0.29, 0.717) is 23.0 Å². The van der Waals surface area contributed by atoms with Crippen molar-refractivity contribution in [2.45, 2.75) is 12.8 Å². The average molecular weight is 444 g/mol. The number of carbonyl (C=O) groups is 1. The molecule has 0 fully saturated rings. The van der Waals surface area contributed by atoms with Crippen LogP contribution in [0.5, 0.6) is 5.75 Å². The lowest BCUT2D eigenvalue weighted by atomic mass is 10.1. The van der Waals surface area contributed by atoms with Gasteiger partial charge in [-0.25, -0.2) is 19.2 Å². The van der Waals surface area contributed by atoms with Crippen LogP contribution in [-0.2, 0) is 5.92 Å². The van der Waals surface area contributed by atoms with E-state index >= 15 is 8.78 Å². The molecule has 3 aromatic heterocycles. The molecule has 0 aliphatic rings. The van der Waals surface area contributed by atoms with Crippen molar-refractivity contribution in [3.8, 4) is 5.75 Å². The van der Waals surface area contributed by atoms with E-state index in [-0.39, 0.29) is 17.2 Å². The van der Waals surface area contributed by atoms with Gasteiger partial charge in [-0.2, -0.15) is 13.5 Å². The third-order valence-corrected chi connectivity index (χ3v) is 4.55. The smallest absolute Gasteiger partial charge is 0.432 e. The molecule has 0 unspecified atom stereocenters. The summed E-state index contributed by atoms with van der Waals surface area (Å²) in [6, 6.07) is 7.74. The molecule has 0 radical (unpaired) electrons. The molecule has 164 valence electrons. The topological polar surface area (TPSA) is 115 Å². The van der Waals surface area contributed by atoms with Crippen LogP contribution in [0.4, 0.5) is 29.6 Å². The first-order valence-electron chi connectivity index (χ1n) is 9.12. The molecule has 0 aliphatic heterocycles. The molecule has 0 aliphatic carbocycles. The number of fused-ring (bicyclic) bond motifs is 1. The molecule has 4 rings (SSSR count). The lowest BCUT2D eigenvalue weighted by Gasteiger charge is -2.17. The van der Waals surface area contributed by atoms with Crippen molar-refractivity contribution in [3.63, 3.8) is 0 Å². The van der Waals surface area contributed by atoms with Crippen molar-refractivity contribution >= 4 is 28.6 Å². The van der Waals surface area contributed by atoms with Crippen molar-refractivity contribution in [2.75, 3.05) is 12.4 Å². The van der Waals surface area contributed by atoms with Gasteiger partial charge in [0.2, 0.25) is 5.82 Å². The van der Waals surface area contributed by atoms with E-state index in [1.54, 1.807) is 12.1 Å². The molecule has 9 nitrogen and oxygen atoms in total. The predicted molar refractivity (Wildman–Crippen MR) is 107 cm³/mol. The van der Waals surface area contributed by atoms with Gasteiger partial charge in [0, 0.05) is 23.2 Å².